The highest BCUT2D eigenvalue weighted by molar-refractivity contribution is 5.10. The number of piperazine rings is 1. The fourth-order valence-corrected chi connectivity index (χ4v) is 2.16. The lowest BCUT2D eigenvalue weighted by molar-refractivity contribution is 0.183. The van der Waals surface area contributed by atoms with E-state index in [9.17, 15) is 4.79 Å². The Kier molecular flexibility index (Phi) is 3.74. The molecule has 2 heterocycles. The minimum Gasteiger partial charge on any atom is -0.329 e. The third-order valence-corrected chi connectivity index (χ3v) is 3.15. The molecule has 1 unspecified atom stereocenters. The van der Waals surface area contributed by atoms with Crippen LogP contribution in [0.15, 0.2) is 23.1 Å². The number of pyridine rings is 1. The van der Waals surface area contributed by atoms with Gasteiger partial charge in [0.2, 0.25) is 5.56 Å². The van der Waals surface area contributed by atoms with Crippen LogP contribution in [0.2, 0.25) is 0 Å². The van der Waals surface area contributed by atoms with Gasteiger partial charge in [0.05, 0.1) is 0 Å². The van der Waals surface area contributed by atoms with Crippen LogP contribution in [0.3, 0.4) is 0 Å². The van der Waals surface area contributed by atoms with E-state index in [2.05, 4.69) is 22.1 Å². The summed E-state index contributed by atoms with van der Waals surface area (Å²) in [4.78, 5) is 16.1. The smallest absolute Gasteiger partial charge is 0.247 e. The molecule has 1 atom stereocenters. The van der Waals surface area contributed by atoms with Gasteiger partial charge in [-0.3, -0.25) is 9.69 Å². The summed E-state index contributed by atoms with van der Waals surface area (Å²) in [6.45, 7) is 6.64. The number of nitrogens with one attached hydrogen (secondary N) is 2. The van der Waals surface area contributed by atoms with Gasteiger partial charge in [-0.15, -0.1) is 0 Å². The Bertz CT molecular complexity index is 362. The summed E-state index contributed by atoms with van der Waals surface area (Å²) < 4.78 is 0. The fraction of sp³-hybridized carbons (Fsp3) is 0.583. The van der Waals surface area contributed by atoms with Gasteiger partial charge < -0.3 is 10.3 Å². The second-order valence-corrected chi connectivity index (χ2v) is 4.40. The second-order valence-electron chi connectivity index (χ2n) is 4.40. The summed E-state index contributed by atoms with van der Waals surface area (Å²) in [5, 5.41) is 3.35. The molecule has 1 aromatic heterocycles. The minimum absolute atomic E-state index is 0.0291. The highest BCUT2D eigenvalue weighted by Crippen LogP contribution is 2.07. The third-order valence-electron chi connectivity index (χ3n) is 3.15. The maximum Gasteiger partial charge on any atom is 0.247 e. The van der Waals surface area contributed by atoms with Crippen molar-refractivity contribution in [3.8, 4) is 0 Å². The quantitative estimate of drug-likeness (QED) is 0.767. The van der Waals surface area contributed by atoms with Gasteiger partial charge in [0, 0.05) is 44.5 Å². The van der Waals surface area contributed by atoms with E-state index in [4.69, 9.17) is 0 Å². The molecule has 4 heteroatoms. The van der Waals surface area contributed by atoms with E-state index in [0.717, 1.165) is 32.6 Å². The molecule has 1 aromatic rings. The average Bonchev–Trinajstić information content (AvgIpc) is 2.33. The number of aromatic amines is 1. The summed E-state index contributed by atoms with van der Waals surface area (Å²) in [5.41, 5.74) is 1.17. The molecule has 0 spiro atoms. The Morgan fingerprint density at radius 3 is 2.75 bits per heavy atom. The molecular weight excluding hydrogens is 202 g/mol. The lowest BCUT2D eigenvalue weighted by Crippen LogP contribution is -2.48. The van der Waals surface area contributed by atoms with Crippen molar-refractivity contribution < 1.29 is 0 Å². The Morgan fingerprint density at radius 2 is 2.12 bits per heavy atom. The topological polar surface area (TPSA) is 48.1 Å². The minimum atomic E-state index is -0.0291. The van der Waals surface area contributed by atoms with Gasteiger partial charge >= 0.3 is 0 Å². The fourth-order valence-electron chi connectivity index (χ4n) is 2.16. The van der Waals surface area contributed by atoms with E-state index < -0.39 is 0 Å². The molecule has 1 aliphatic heterocycles. The molecule has 1 fully saturated rings. The highest BCUT2D eigenvalue weighted by Gasteiger charge is 2.16. The zero-order valence-electron chi connectivity index (χ0n) is 9.70. The Morgan fingerprint density at radius 1 is 1.38 bits per heavy atom. The van der Waals surface area contributed by atoms with Crippen molar-refractivity contribution >= 4 is 0 Å². The maximum atomic E-state index is 10.9. The van der Waals surface area contributed by atoms with Crippen LogP contribution in [0.5, 0.6) is 0 Å². The van der Waals surface area contributed by atoms with Crippen LogP contribution in [-0.2, 0) is 6.42 Å². The Labute approximate surface area is 95.7 Å². The first kappa shape index (κ1) is 11.4. The van der Waals surface area contributed by atoms with E-state index in [1.54, 1.807) is 6.07 Å². The molecule has 0 amide bonds. The van der Waals surface area contributed by atoms with Gasteiger partial charge in [-0.25, -0.2) is 0 Å². The molecule has 0 aromatic carbocycles. The second kappa shape index (κ2) is 5.27. The van der Waals surface area contributed by atoms with Crippen molar-refractivity contribution in [2.75, 3.05) is 26.2 Å². The normalized spacial score (nSPS) is 19.6. The molecule has 0 saturated carbocycles. The highest BCUT2D eigenvalue weighted by atomic mass is 16.1. The first-order valence-corrected chi connectivity index (χ1v) is 5.88. The molecule has 0 radical (unpaired) electrons. The SMILES string of the molecule is CC(Cc1ccc(=O)[nH]c1)N1CCNCC1. The van der Waals surface area contributed by atoms with Gasteiger partial charge in [0.1, 0.15) is 0 Å². The average molecular weight is 221 g/mol. The summed E-state index contributed by atoms with van der Waals surface area (Å²) in [5.74, 6) is 0. The number of H-pyrrole nitrogens is 1. The predicted octanol–water partition coefficient (Wildman–Crippen LogP) is 0.211. The van der Waals surface area contributed by atoms with E-state index in [1.165, 1.54) is 5.56 Å². The third kappa shape index (κ3) is 2.93. The zero-order valence-corrected chi connectivity index (χ0v) is 9.70. The van der Waals surface area contributed by atoms with E-state index in [-0.39, 0.29) is 5.56 Å². The van der Waals surface area contributed by atoms with Crippen LogP contribution in [0.1, 0.15) is 12.5 Å². The van der Waals surface area contributed by atoms with E-state index in [1.807, 2.05) is 12.3 Å². The van der Waals surface area contributed by atoms with Crippen LogP contribution in [-0.4, -0.2) is 42.1 Å². The Balaban J connectivity index is 1.93. The van der Waals surface area contributed by atoms with Gasteiger partial charge in [0.25, 0.3) is 0 Å². The molecule has 1 saturated heterocycles. The van der Waals surface area contributed by atoms with Crippen molar-refractivity contribution in [1.29, 1.82) is 0 Å². The molecule has 16 heavy (non-hydrogen) atoms. The van der Waals surface area contributed by atoms with Crippen molar-refractivity contribution in [2.24, 2.45) is 0 Å². The molecule has 0 aliphatic carbocycles. The summed E-state index contributed by atoms with van der Waals surface area (Å²) in [6.07, 6.45) is 2.82. The van der Waals surface area contributed by atoms with Crippen LogP contribution in [0, 0.1) is 0 Å². The lowest BCUT2D eigenvalue weighted by Gasteiger charge is -2.32. The van der Waals surface area contributed by atoms with Crippen molar-refractivity contribution in [2.45, 2.75) is 19.4 Å². The summed E-state index contributed by atoms with van der Waals surface area (Å²) >= 11 is 0. The van der Waals surface area contributed by atoms with Gasteiger partial charge in [-0.05, 0) is 18.9 Å². The predicted molar refractivity (Wildman–Crippen MR) is 64.7 cm³/mol. The summed E-state index contributed by atoms with van der Waals surface area (Å²) in [6, 6.07) is 4.05. The monoisotopic (exact) mass is 221 g/mol. The zero-order chi connectivity index (χ0) is 11.4. The van der Waals surface area contributed by atoms with E-state index in [0.29, 0.717) is 6.04 Å². The van der Waals surface area contributed by atoms with Gasteiger partial charge in [0.15, 0.2) is 0 Å². The summed E-state index contributed by atoms with van der Waals surface area (Å²) in [7, 11) is 0. The van der Waals surface area contributed by atoms with Crippen LogP contribution in [0.25, 0.3) is 0 Å². The number of hydrogen-bond donors (Lipinski definition) is 2. The number of aromatic nitrogens is 1. The van der Waals surface area contributed by atoms with Gasteiger partial charge in [-0.1, -0.05) is 6.07 Å². The van der Waals surface area contributed by atoms with Crippen molar-refractivity contribution in [1.82, 2.24) is 15.2 Å². The maximum absolute atomic E-state index is 10.9. The largest absolute Gasteiger partial charge is 0.329 e. The molecule has 4 nitrogen and oxygen atoms in total. The standard InChI is InChI=1S/C12H19N3O/c1-10(15-6-4-13-5-7-15)8-11-2-3-12(16)14-9-11/h2-3,9-10,13H,4-8H2,1H3,(H,14,16). The number of hydrogen-bond acceptors (Lipinski definition) is 3. The number of nitrogens with zero attached hydrogens (tertiary/aromatic N) is 1. The van der Waals surface area contributed by atoms with Gasteiger partial charge in [-0.2, -0.15) is 0 Å². The molecule has 2 N–H and O–H groups in total. The molecule has 1 aliphatic rings. The Hall–Kier alpha value is -1.13. The van der Waals surface area contributed by atoms with Crippen LogP contribution in [0.4, 0.5) is 0 Å². The molecule has 88 valence electrons. The van der Waals surface area contributed by atoms with Crippen molar-refractivity contribution in [3.05, 3.63) is 34.2 Å². The van der Waals surface area contributed by atoms with Crippen LogP contribution < -0.4 is 10.9 Å². The molecule has 0 bridgehead atoms. The first-order chi connectivity index (χ1) is 7.75. The molecular formula is C12H19N3O. The molecule has 2 rings (SSSR count). The van der Waals surface area contributed by atoms with Crippen molar-refractivity contribution in [3.63, 3.8) is 0 Å². The van der Waals surface area contributed by atoms with E-state index >= 15 is 0 Å². The number of rotatable bonds is 3. The van der Waals surface area contributed by atoms with Crippen LogP contribution >= 0.6 is 0 Å². The lowest BCUT2D eigenvalue weighted by atomic mass is 10.1. The first-order valence-electron chi connectivity index (χ1n) is 5.88.